The fourth-order valence-corrected chi connectivity index (χ4v) is 4.93. The minimum absolute atomic E-state index is 0.132. The molecule has 6 nitrogen and oxygen atoms in total. The van der Waals surface area contributed by atoms with Gasteiger partial charge in [-0.3, -0.25) is 14.5 Å². The Morgan fingerprint density at radius 3 is 2.76 bits per heavy atom. The van der Waals surface area contributed by atoms with Crippen LogP contribution in [0.15, 0.2) is 43.0 Å². The molecule has 1 aliphatic heterocycles. The summed E-state index contributed by atoms with van der Waals surface area (Å²) in [6.07, 6.45) is 16.5. The van der Waals surface area contributed by atoms with Crippen LogP contribution < -0.4 is 0 Å². The Morgan fingerprint density at radius 1 is 1.10 bits per heavy atom. The lowest BCUT2D eigenvalue weighted by atomic mass is 9.90. The summed E-state index contributed by atoms with van der Waals surface area (Å²) in [6, 6.07) is 6.62. The summed E-state index contributed by atoms with van der Waals surface area (Å²) in [5, 5.41) is 4.21. The van der Waals surface area contributed by atoms with Crippen molar-refractivity contribution in [2.24, 2.45) is 5.92 Å². The molecular weight excluding hydrogens is 362 g/mol. The van der Waals surface area contributed by atoms with Crippen LogP contribution in [0.3, 0.4) is 0 Å². The molecule has 1 saturated heterocycles. The first-order chi connectivity index (χ1) is 14.3. The molecule has 1 amide bonds. The van der Waals surface area contributed by atoms with Crippen molar-refractivity contribution in [1.29, 1.82) is 0 Å². The highest BCUT2D eigenvalue weighted by atomic mass is 16.2. The van der Waals surface area contributed by atoms with E-state index in [2.05, 4.69) is 21.0 Å². The Balaban J connectivity index is 1.41. The number of carbonyl (C=O) groups excluding carboxylic acids is 1. The first kappa shape index (κ1) is 20.1. The van der Waals surface area contributed by atoms with E-state index in [-0.39, 0.29) is 5.91 Å². The third-order valence-electron chi connectivity index (χ3n) is 6.43. The molecule has 1 aliphatic carbocycles. The largest absolute Gasteiger partial charge is 0.336 e. The number of hydrogen-bond acceptors (Lipinski definition) is 4. The lowest BCUT2D eigenvalue weighted by Gasteiger charge is -2.41. The number of piperidine rings is 1. The number of nitrogens with zero attached hydrogens (tertiary/aromatic N) is 5. The number of hydrogen-bond donors (Lipinski definition) is 0. The number of aromatic nitrogens is 3. The van der Waals surface area contributed by atoms with E-state index in [4.69, 9.17) is 0 Å². The molecule has 4 rings (SSSR count). The molecule has 0 unspecified atom stereocenters. The minimum Gasteiger partial charge on any atom is -0.336 e. The van der Waals surface area contributed by atoms with Gasteiger partial charge in [-0.05, 0) is 55.8 Å². The van der Waals surface area contributed by atoms with Gasteiger partial charge in [0.05, 0.1) is 0 Å². The Morgan fingerprint density at radius 2 is 2.00 bits per heavy atom. The van der Waals surface area contributed by atoms with Gasteiger partial charge in [0.15, 0.2) is 0 Å². The fourth-order valence-electron chi connectivity index (χ4n) is 4.93. The second kappa shape index (κ2) is 10.0. The zero-order valence-corrected chi connectivity index (χ0v) is 17.3. The van der Waals surface area contributed by atoms with Gasteiger partial charge < -0.3 is 9.80 Å². The van der Waals surface area contributed by atoms with Crippen LogP contribution >= 0.6 is 0 Å². The summed E-state index contributed by atoms with van der Waals surface area (Å²) >= 11 is 0. The summed E-state index contributed by atoms with van der Waals surface area (Å²) in [5.41, 5.74) is 1.08. The molecule has 156 valence electrons. The molecule has 2 fully saturated rings. The van der Waals surface area contributed by atoms with Crippen LogP contribution in [0.4, 0.5) is 0 Å². The maximum atomic E-state index is 13.1. The van der Waals surface area contributed by atoms with E-state index in [1.165, 1.54) is 51.5 Å². The molecule has 0 spiro atoms. The van der Waals surface area contributed by atoms with Gasteiger partial charge in [-0.25, -0.2) is 0 Å². The van der Waals surface area contributed by atoms with Crippen molar-refractivity contribution in [2.45, 2.75) is 64.1 Å². The number of pyridine rings is 1. The fraction of sp³-hybridized carbons (Fsp3) is 0.609. The van der Waals surface area contributed by atoms with Crippen LogP contribution in [-0.2, 0) is 17.9 Å². The highest BCUT2D eigenvalue weighted by Crippen LogP contribution is 2.27. The van der Waals surface area contributed by atoms with Gasteiger partial charge in [0.2, 0.25) is 5.91 Å². The molecule has 2 aliphatic rings. The van der Waals surface area contributed by atoms with Gasteiger partial charge in [-0.2, -0.15) is 5.10 Å². The van der Waals surface area contributed by atoms with E-state index in [1.807, 2.05) is 29.4 Å². The second-order valence-corrected chi connectivity index (χ2v) is 8.63. The summed E-state index contributed by atoms with van der Waals surface area (Å²) in [5.74, 6) is 0.677. The zero-order chi connectivity index (χ0) is 19.9. The molecule has 1 saturated carbocycles. The maximum Gasteiger partial charge on any atom is 0.244 e. The lowest BCUT2D eigenvalue weighted by Crippen LogP contribution is -2.47. The topological polar surface area (TPSA) is 54.3 Å². The predicted octanol–water partition coefficient (Wildman–Crippen LogP) is 3.35. The van der Waals surface area contributed by atoms with Gasteiger partial charge in [0, 0.05) is 50.5 Å². The van der Waals surface area contributed by atoms with E-state index < -0.39 is 0 Å². The Hall–Kier alpha value is -2.21. The monoisotopic (exact) mass is 395 g/mol. The van der Waals surface area contributed by atoms with E-state index in [0.29, 0.717) is 19.0 Å². The highest BCUT2D eigenvalue weighted by Gasteiger charge is 2.29. The first-order valence-corrected chi connectivity index (χ1v) is 11.2. The molecule has 2 aromatic rings. The van der Waals surface area contributed by atoms with Gasteiger partial charge in [-0.1, -0.05) is 25.3 Å². The van der Waals surface area contributed by atoms with Crippen molar-refractivity contribution < 1.29 is 4.79 Å². The summed E-state index contributed by atoms with van der Waals surface area (Å²) in [6.45, 7) is 4.09. The lowest BCUT2D eigenvalue weighted by molar-refractivity contribution is -0.133. The van der Waals surface area contributed by atoms with E-state index in [1.54, 1.807) is 17.1 Å². The molecule has 3 heterocycles. The molecule has 2 aromatic heterocycles. The quantitative estimate of drug-likeness (QED) is 0.721. The average molecular weight is 396 g/mol. The van der Waals surface area contributed by atoms with Crippen LogP contribution in [0.2, 0.25) is 0 Å². The number of amides is 1. The van der Waals surface area contributed by atoms with Crippen molar-refractivity contribution in [2.75, 3.05) is 19.6 Å². The average Bonchev–Trinajstić information content (AvgIpc) is 3.28. The van der Waals surface area contributed by atoms with Crippen molar-refractivity contribution in [3.63, 3.8) is 0 Å². The minimum atomic E-state index is 0.132. The van der Waals surface area contributed by atoms with Crippen LogP contribution in [-0.4, -0.2) is 56.1 Å². The second-order valence-electron chi connectivity index (χ2n) is 8.63. The van der Waals surface area contributed by atoms with E-state index >= 15 is 0 Å². The van der Waals surface area contributed by atoms with Crippen molar-refractivity contribution in [3.8, 4) is 0 Å². The normalized spacial score (nSPS) is 21.2. The summed E-state index contributed by atoms with van der Waals surface area (Å²) < 4.78 is 1.72. The SMILES string of the molecule is O=C(Cn1cccn1)N(Cc1cccnc1)C[C@@H]1CCCN(C2CCCCC2)C1. The summed E-state index contributed by atoms with van der Waals surface area (Å²) in [7, 11) is 0. The zero-order valence-electron chi connectivity index (χ0n) is 17.3. The van der Waals surface area contributed by atoms with Crippen LogP contribution in [0.5, 0.6) is 0 Å². The molecule has 1 atom stereocenters. The standard InChI is InChI=1S/C23H33N5O/c29-23(19-28-14-6-12-25-28)27(16-20-7-4-11-24-15-20)18-21-8-5-13-26(17-21)22-9-2-1-3-10-22/h4,6-7,11-12,14-15,21-22H,1-3,5,8-10,13,16-19H2/t21-/m1/s1. The molecule has 0 N–H and O–H groups in total. The third kappa shape index (κ3) is 5.66. The molecular formula is C23H33N5O. The highest BCUT2D eigenvalue weighted by molar-refractivity contribution is 5.75. The Labute approximate surface area is 173 Å². The van der Waals surface area contributed by atoms with Gasteiger partial charge in [0.25, 0.3) is 0 Å². The maximum absolute atomic E-state index is 13.1. The molecule has 0 aromatic carbocycles. The molecule has 6 heteroatoms. The number of likely N-dealkylation sites (tertiary alicyclic amines) is 1. The molecule has 0 radical (unpaired) electrons. The first-order valence-electron chi connectivity index (χ1n) is 11.2. The number of rotatable bonds is 7. The van der Waals surface area contributed by atoms with Gasteiger partial charge in [0.1, 0.15) is 6.54 Å². The molecule has 29 heavy (non-hydrogen) atoms. The summed E-state index contributed by atoms with van der Waals surface area (Å²) in [4.78, 5) is 22.1. The van der Waals surface area contributed by atoms with Crippen molar-refractivity contribution >= 4 is 5.91 Å². The van der Waals surface area contributed by atoms with Crippen molar-refractivity contribution in [3.05, 3.63) is 48.5 Å². The van der Waals surface area contributed by atoms with Crippen molar-refractivity contribution in [1.82, 2.24) is 24.6 Å². The third-order valence-corrected chi connectivity index (χ3v) is 6.43. The van der Waals surface area contributed by atoms with Crippen LogP contribution in [0, 0.1) is 5.92 Å². The van der Waals surface area contributed by atoms with Gasteiger partial charge >= 0.3 is 0 Å². The molecule has 0 bridgehead atoms. The number of carbonyl (C=O) groups is 1. The van der Waals surface area contributed by atoms with Crippen LogP contribution in [0.25, 0.3) is 0 Å². The predicted molar refractivity (Wildman–Crippen MR) is 113 cm³/mol. The van der Waals surface area contributed by atoms with E-state index in [9.17, 15) is 4.79 Å². The van der Waals surface area contributed by atoms with Crippen LogP contribution in [0.1, 0.15) is 50.5 Å². The van der Waals surface area contributed by atoms with E-state index in [0.717, 1.165) is 24.7 Å². The van der Waals surface area contributed by atoms with Gasteiger partial charge in [-0.15, -0.1) is 0 Å². The Bertz CT molecular complexity index is 742. The Kier molecular flexibility index (Phi) is 6.93. The smallest absolute Gasteiger partial charge is 0.244 e.